The third-order valence-electron chi connectivity index (χ3n) is 5.06. The van der Waals surface area contributed by atoms with Gasteiger partial charge in [-0.15, -0.1) is 0 Å². The minimum Gasteiger partial charge on any atom is -0.481 e. The molecule has 2 atom stereocenters. The van der Waals surface area contributed by atoms with Gasteiger partial charge in [0, 0.05) is 5.25 Å². The fourth-order valence-corrected chi connectivity index (χ4v) is 4.60. The zero-order valence-corrected chi connectivity index (χ0v) is 17.6. The molecule has 1 aromatic carbocycles. The van der Waals surface area contributed by atoms with E-state index in [-0.39, 0.29) is 11.2 Å². The van der Waals surface area contributed by atoms with Crippen LogP contribution >= 0.6 is 11.8 Å². The van der Waals surface area contributed by atoms with Gasteiger partial charge >= 0.3 is 5.97 Å². The third-order valence-corrected chi connectivity index (χ3v) is 6.58. The van der Waals surface area contributed by atoms with Crippen molar-refractivity contribution in [1.82, 2.24) is 0 Å². The van der Waals surface area contributed by atoms with E-state index in [1.54, 1.807) is 0 Å². The molecule has 2 nitrogen and oxygen atoms in total. The highest BCUT2D eigenvalue weighted by Gasteiger charge is 2.24. The lowest BCUT2D eigenvalue weighted by Gasteiger charge is -2.20. The number of hydrogen-bond donors (Lipinski definition) is 1. The van der Waals surface area contributed by atoms with Gasteiger partial charge in [-0.1, -0.05) is 102 Å². The fraction of sp³-hybridized carbons (Fsp3) is 0.696. The van der Waals surface area contributed by atoms with E-state index in [4.69, 9.17) is 0 Å². The first-order valence-electron chi connectivity index (χ1n) is 10.5. The Morgan fingerprint density at radius 1 is 0.923 bits per heavy atom. The molecule has 3 heteroatoms. The molecule has 0 aromatic heterocycles. The summed E-state index contributed by atoms with van der Waals surface area (Å²) in [7, 11) is 0. The van der Waals surface area contributed by atoms with Gasteiger partial charge < -0.3 is 5.11 Å². The van der Waals surface area contributed by atoms with Crippen LogP contribution in [-0.4, -0.2) is 22.1 Å². The maximum Gasteiger partial charge on any atom is 0.307 e. The summed E-state index contributed by atoms with van der Waals surface area (Å²) in [6.07, 6.45) is 14.3. The number of carboxylic acids is 1. The largest absolute Gasteiger partial charge is 0.481 e. The summed E-state index contributed by atoms with van der Waals surface area (Å²) < 4.78 is 0. The Kier molecular flexibility index (Phi) is 13.4. The lowest BCUT2D eigenvalue weighted by atomic mass is 10.0. The summed E-state index contributed by atoms with van der Waals surface area (Å²) in [6, 6.07) is 10.3. The monoisotopic (exact) mass is 378 g/mol. The second kappa shape index (κ2) is 15.1. The van der Waals surface area contributed by atoms with E-state index in [9.17, 15) is 9.90 Å². The SMILES string of the molecule is CCCCCCCCCCCCSC(Cc1ccccc1)C(C)C(=O)O. The highest BCUT2D eigenvalue weighted by Crippen LogP contribution is 2.26. The van der Waals surface area contributed by atoms with Gasteiger partial charge in [0.05, 0.1) is 5.92 Å². The van der Waals surface area contributed by atoms with Crippen molar-refractivity contribution >= 4 is 17.7 Å². The lowest BCUT2D eigenvalue weighted by Crippen LogP contribution is -2.25. The summed E-state index contributed by atoms with van der Waals surface area (Å²) >= 11 is 1.85. The Morgan fingerprint density at radius 3 is 2.00 bits per heavy atom. The second-order valence-corrected chi connectivity index (χ2v) is 8.75. The zero-order chi connectivity index (χ0) is 19.0. The highest BCUT2D eigenvalue weighted by molar-refractivity contribution is 7.99. The summed E-state index contributed by atoms with van der Waals surface area (Å²) in [5, 5.41) is 9.55. The van der Waals surface area contributed by atoms with Crippen molar-refractivity contribution in [1.29, 1.82) is 0 Å². The van der Waals surface area contributed by atoms with Gasteiger partial charge in [0.25, 0.3) is 0 Å². The number of rotatable bonds is 16. The van der Waals surface area contributed by atoms with Crippen LogP contribution in [-0.2, 0) is 11.2 Å². The molecule has 0 saturated carbocycles. The Hall–Kier alpha value is -0.960. The smallest absolute Gasteiger partial charge is 0.307 e. The molecule has 2 unspecified atom stereocenters. The van der Waals surface area contributed by atoms with Crippen LogP contribution in [0.3, 0.4) is 0 Å². The van der Waals surface area contributed by atoms with Gasteiger partial charge in [-0.05, 0) is 24.2 Å². The molecule has 0 amide bonds. The predicted octanol–water partition coefficient (Wildman–Crippen LogP) is 6.97. The number of unbranched alkanes of at least 4 members (excludes halogenated alkanes) is 9. The minimum absolute atomic E-state index is 0.161. The molecule has 0 fully saturated rings. The number of carbonyl (C=O) groups is 1. The van der Waals surface area contributed by atoms with Crippen LogP contribution in [0.2, 0.25) is 0 Å². The molecule has 0 heterocycles. The number of benzene rings is 1. The summed E-state index contributed by atoms with van der Waals surface area (Å²) in [5.74, 6) is 0.0934. The zero-order valence-electron chi connectivity index (χ0n) is 16.8. The Morgan fingerprint density at radius 2 is 1.46 bits per heavy atom. The summed E-state index contributed by atoms with van der Waals surface area (Å²) in [5.41, 5.74) is 1.24. The van der Waals surface area contributed by atoms with E-state index < -0.39 is 5.97 Å². The van der Waals surface area contributed by atoms with Crippen LogP contribution in [0.1, 0.15) is 83.6 Å². The lowest BCUT2D eigenvalue weighted by molar-refractivity contribution is -0.141. The minimum atomic E-state index is -0.679. The van der Waals surface area contributed by atoms with Crippen LogP contribution in [0.4, 0.5) is 0 Å². The van der Waals surface area contributed by atoms with Crippen LogP contribution in [0.25, 0.3) is 0 Å². The van der Waals surface area contributed by atoms with Gasteiger partial charge in [0.15, 0.2) is 0 Å². The Balaban J connectivity index is 2.16. The molecule has 148 valence electrons. The molecular weight excluding hydrogens is 340 g/mol. The van der Waals surface area contributed by atoms with Crippen molar-refractivity contribution in [2.45, 2.75) is 89.7 Å². The van der Waals surface area contributed by atoms with Crippen LogP contribution in [0, 0.1) is 5.92 Å². The number of thioether (sulfide) groups is 1. The van der Waals surface area contributed by atoms with E-state index in [2.05, 4.69) is 19.1 Å². The number of carboxylic acid groups (broad SMARTS) is 1. The molecule has 0 saturated heterocycles. The van der Waals surface area contributed by atoms with Crippen molar-refractivity contribution in [3.05, 3.63) is 35.9 Å². The van der Waals surface area contributed by atoms with E-state index in [1.165, 1.54) is 69.8 Å². The Labute approximate surface area is 165 Å². The second-order valence-electron chi connectivity index (χ2n) is 7.41. The van der Waals surface area contributed by atoms with E-state index in [0.717, 1.165) is 12.2 Å². The third kappa shape index (κ3) is 10.9. The first-order chi connectivity index (χ1) is 12.6. The summed E-state index contributed by atoms with van der Waals surface area (Å²) in [4.78, 5) is 11.4. The fourth-order valence-electron chi connectivity index (χ4n) is 3.21. The predicted molar refractivity (Wildman–Crippen MR) is 115 cm³/mol. The van der Waals surface area contributed by atoms with Gasteiger partial charge in [-0.3, -0.25) is 4.79 Å². The van der Waals surface area contributed by atoms with Gasteiger partial charge in [-0.2, -0.15) is 11.8 Å². The van der Waals surface area contributed by atoms with Crippen molar-refractivity contribution in [3.8, 4) is 0 Å². The van der Waals surface area contributed by atoms with Gasteiger partial charge in [0.1, 0.15) is 0 Å². The van der Waals surface area contributed by atoms with E-state index in [1.807, 2.05) is 36.9 Å². The highest BCUT2D eigenvalue weighted by atomic mass is 32.2. The maximum atomic E-state index is 11.4. The van der Waals surface area contributed by atoms with Crippen LogP contribution in [0.5, 0.6) is 0 Å². The molecule has 0 bridgehead atoms. The van der Waals surface area contributed by atoms with E-state index in [0.29, 0.717) is 0 Å². The molecular formula is C23H38O2S. The molecule has 0 aliphatic heterocycles. The van der Waals surface area contributed by atoms with Crippen molar-refractivity contribution in [3.63, 3.8) is 0 Å². The van der Waals surface area contributed by atoms with Crippen molar-refractivity contribution < 1.29 is 9.90 Å². The van der Waals surface area contributed by atoms with Crippen molar-refractivity contribution in [2.75, 3.05) is 5.75 Å². The Bertz CT molecular complexity index is 461. The summed E-state index contributed by atoms with van der Waals surface area (Å²) in [6.45, 7) is 4.11. The molecule has 1 aromatic rings. The van der Waals surface area contributed by atoms with Crippen LogP contribution < -0.4 is 0 Å². The first-order valence-corrected chi connectivity index (χ1v) is 11.6. The molecule has 0 aliphatic carbocycles. The average Bonchev–Trinajstić information content (AvgIpc) is 2.65. The molecule has 26 heavy (non-hydrogen) atoms. The van der Waals surface area contributed by atoms with Gasteiger partial charge in [0.2, 0.25) is 0 Å². The number of aliphatic carboxylic acids is 1. The first kappa shape index (κ1) is 23.1. The normalized spacial score (nSPS) is 13.5. The molecule has 0 radical (unpaired) electrons. The molecule has 1 rings (SSSR count). The molecule has 0 aliphatic rings. The van der Waals surface area contributed by atoms with Gasteiger partial charge in [-0.25, -0.2) is 0 Å². The van der Waals surface area contributed by atoms with Crippen LogP contribution in [0.15, 0.2) is 30.3 Å². The molecule has 1 N–H and O–H groups in total. The standard InChI is InChI=1S/C23H38O2S/c1-3-4-5-6-7-8-9-10-11-15-18-26-22(20(2)23(24)25)19-21-16-13-12-14-17-21/h12-14,16-17,20,22H,3-11,15,18-19H2,1-2H3,(H,24,25). The van der Waals surface area contributed by atoms with Crippen molar-refractivity contribution in [2.24, 2.45) is 5.92 Å². The quantitative estimate of drug-likeness (QED) is 0.315. The topological polar surface area (TPSA) is 37.3 Å². The number of hydrogen-bond acceptors (Lipinski definition) is 2. The molecule has 0 spiro atoms. The van der Waals surface area contributed by atoms with E-state index >= 15 is 0 Å². The average molecular weight is 379 g/mol. The maximum absolute atomic E-state index is 11.4.